The molecule has 0 aliphatic rings. The Morgan fingerprint density at radius 2 is 1.75 bits per heavy atom. The highest BCUT2D eigenvalue weighted by molar-refractivity contribution is 6.06. The van der Waals surface area contributed by atoms with E-state index in [4.69, 9.17) is 5.73 Å². The SMILES string of the molecule is Cc1cc(N)c(NC(=O)c2cccc(C)c2F)cc1C. The number of carbonyl (C=O) groups is 1. The monoisotopic (exact) mass is 272 g/mol. The number of hydrogen-bond acceptors (Lipinski definition) is 2. The van der Waals surface area contributed by atoms with Gasteiger partial charge in [0.15, 0.2) is 0 Å². The number of nitrogens with one attached hydrogen (secondary N) is 1. The number of rotatable bonds is 2. The van der Waals surface area contributed by atoms with Crippen molar-refractivity contribution in [2.24, 2.45) is 0 Å². The van der Waals surface area contributed by atoms with Gasteiger partial charge in [0.1, 0.15) is 5.82 Å². The number of benzene rings is 2. The van der Waals surface area contributed by atoms with Crippen molar-refractivity contribution in [2.75, 3.05) is 11.1 Å². The van der Waals surface area contributed by atoms with E-state index in [1.165, 1.54) is 6.07 Å². The number of aryl methyl sites for hydroxylation is 3. The first-order valence-electron chi connectivity index (χ1n) is 6.33. The van der Waals surface area contributed by atoms with Gasteiger partial charge in [0, 0.05) is 0 Å². The molecular formula is C16H17FN2O. The van der Waals surface area contributed by atoms with Gasteiger partial charge in [-0.15, -0.1) is 0 Å². The van der Waals surface area contributed by atoms with E-state index in [2.05, 4.69) is 5.32 Å². The zero-order chi connectivity index (χ0) is 14.9. The van der Waals surface area contributed by atoms with E-state index in [1.807, 2.05) is 13.8 Å². The third-order valence-corrected chi connectivity index (χ3v) is 3.35. The maximum atomic E-state index is 13.9. The molecule has 0 aliphatic carbocycles. The summed E-state index contributed by atoms with van der Waals surface area (Å²) in [6.45, 7) is 5.49. The first-order valence-corrected chi connectivity index (χ1v) is 6.33. The summed E-state index contributed by atoms with van der Waals surface area (Å²) in [5.41, 5.74) is 9.35. The van der Waals surface area contributed by atoms with E-state index in [0.29, 0.717) is 16.9 Å². The third-order valence-electron chi connectivity index (χ3n) is 3.35. The van der Waals surface area contributed by atoms with Crippen molar-refractivity contribution in [3.8, 4) is 0 Å². The second kappa shape index (κ2) is 5.33. The Morgan fingerprint density at radius 3 is 2.45 bits per heavy atom. The lowest BCUT2D eigenvalue weighted by Gasteiger charge is -2.12. The molecule has 3 nitrogen and oxygen atoms in total. The van der Waals surface area contributed by atoms with Crippen molar-refractivity contribution in [3.63, 3.8) is 0 Å². The minimum atomic E-state index is -0.507. The molecule has 2 aromatic rings. The van der Waals surface area contributed by atoms with Gasteiger partial charge < -0.3 is 11.1 Å². The maximum absolute atomic E-state index is 13.9. The molecule has 0 bridgehead atoms. The average molecular weight is 272 g/mol. The highest BCUT2D eigenvalue weighted by Crippen LogP contribution is 2.24. The lowest BCUT2D eigenvalue weighted by Crippen LogP contribution is -2.15. The molecule has 2 rings (SSSR count). The van der Waals surface area contributed by atoms with Gasteiger partial charge in [-0.3, -0.25) is 4.79 Å². The van der Waals surface area contributed by atoms with Crippen molar-refractivity contribution in [1.82, 2.24) is 0 Å². The molecule has 0 aromatic heterocycles. The zero-order valence-electron chi connectivity index (χ0n) is 11.8. The minimum absolute atomic E-state index is 0.0163. The van der Waals surface area contributed by atoms with Gasteiger partial charge in [-0.1, -0.05) is 12.1 Å². The van der Waals surface area contributed by atoms with E-state index in [9.17, 15) is 9.18 Å². The molecule has 0 spiro atoms. The number of halogens is 1. The summed E-state index contributed by atoms with van der Waals surface area (Å²) in [6, 6.07) is 8.30. The quantitative estimate of drug-likeness (QED) is 0.821. The molecule has 20 heavy (non-hydrogen) atoms. The van der Waals surface area contributed by atoms with Crippen molar-refractivity contribution in [1.29, 1.82) is 0 Å². The normalized spacial score (nSPS) is 10.4. The van der Waals surface area contributed by atoms with E-state index < -0.39 is 11.7 Å². The van der Waals surface area contributed by atoms with E-state index in [1.54, 1.807) is 31.2 Å². The van der Waals surface area contributed by atoms with Crippen molar-refractivity contribution in [3.05, 3.63) is 58.4 Å². The summed E-state index contributed by atoms with van der Waals surface area (Å²) < 4.78 is 13.9. The number of carbonyl (C=O) groups excluding carboxylic acids is 1. The Hall–Kier alpha value is -2.36. The Bertz CT molecular complexity index is 680. The summed E-state index contributed by atoms with van der Waals surface area (Å²) in [5.74, 6) is -1.01. The average Bonchev–Trinajstić information content (AvgIpc) is 2.39. The molecule has 2 aromatic carbocycles. The van der Waals surface area contributed by atoms with E-state index in [-0.39, 0.29) is 5.56 Å². The topological polar surface area (TPSA) is 55.1 Å². The predicted molar refractivity (Wildman–Crippen MR) is 79.4 cm³/mol. The molecule has 1 amide bonds. The Kier molecular flexibility index (Phi) is 3.74. The highest BCUT2D eigenvalue weighted by atomic mass is 19.1. The van der Waals surface area contributed by atoms with Gasteiger partial charge >= 0.3 is 0 Å². The Morgan fingerprint density at radius 1 is 1.10 bits per heavy atom. The van der Waals surface area contributed by atoms with Crippen LogP contribution < -0.4 is 11.1 Å². The Balaban J connectivity index is 2.33. The highest BCUT2D eigenvalue weighted by Gasteiger charge is 2.14. The van der Waals surface area contributed by atoms with Crippen molar-refractivity contribution in [2.45, 2.75) is 20.8 Å². The van der Waals surface area contributed by atoms with Crippen molar-refractivity contribution < 1.29 is 9.18 Å². The molecule has 0 atom stereocenters. The lowest BCUT2D eigenvalue weighted by atomic mass is 10.1. The molecular weight excluding hydrogens is 255 g/mol. The summed E-state index contributed by atoms with van der Waals surface area (Å²) in [7, 11) is 0. The minimum Gasteiger partial charge on any atom is -0.397 e. The van der Waals surface area contributed by atoms with Gasteiger partial charge in [0.2, 0.25) is 0 Å². The van der Waals surface area contributed by atoms with Crippen LogP contribution in [0.4, 0.5) is 15.8 Å². The fourth-order valence-electron chi connectivity index (χ4n) is 1.96. The number of hydrogen-bond donors (Lipinski definition) is 2. The first-order chi connectivity index (χ1) is 9.40. The lowest BCUT2D eigenvalue weighted by molar-refractivity contribution is 0.102. The van der Waals surface area contributed by atoms with Gasteiger partial charge in [-0.25, -0.2) is 4.39 Å². The third kappa shape index (κ3) is 2.64. The first kappa shape index (κ1) is 14.1. The molecule has 0 aliphatic heterocycles. The van der Waals surface area contributed by atoms with Crippen LogP contribution in [0.25, 0.3) is 0 Å². The van der Waals surface area contributed by atoms with Gasteiger partial charge in [-0.05, 0) is 55.7 Å². The van der Waals surface area contributed by atoms with Crippen LogP contribution in [0.2, 0.25) is 0 Å². The molecule has 3 N–H and O–H groups in total. The standard InChI is InChI=1S/C16H17FN2O/c1-9-5-4-6-12(15(9)17)16(20)19-14-8-11(3)10(2)7-13(14)18/h4-8H,18H2,1-3H3,(H,19,20). The van der Waals surface area contributed by atoms with Crippen LogP contribution in [0, 0.1) is 26.6 Å². The van der Waals surface area contributed by atoms with E-state index >= 15 is 0 Å². The van der Waals surface area contributed by atoms with Gasteiger partial charge in [0.05, 0.1) is 16.9 Å². The van der Waals surface area contributed by atoms with Gasteiger partial charge in [-0.2, -0.15) is 0 Å². The van der Waals surface area contributed by atoms with E-state index in [0.717, 1.165) is 11.1 Å². The number of anilines is 2. The maximum Gasteiger partial charge on any atom is 0.258 e. The zero-order valence-corrected chi connectivity index (χ0v) is 11.8. The number of amides is 1. The summed E-state index contributed by atoms with van der Waals surface area (Å²) >= 11 is 0. The van der Waals surface area contributed by atoms with Crippen molar-refractivity contribution >= 4 is 17.3 Å². The molecule has 4 heteroatoms. The second-order valence-corrected chi connectivity index (χ2v) is 4.91. The van der Waals surface area contributed by atoms with Crippen LogP contribution in [0.3, 0.4) is 0 Å². The number of nitrogens with two attached hydrogens (primary N) is 1. The van der Waals surface area contributed by atoms with Crippen LogP contribution in [-0.4, -0.2) is 5.91 Å². The summed E-state index contributed by atoms with van der Waals surface area (Å²) in [5, 5.41) is 2.66. The molecule has 0 heterocycles. The molecule has 104 valence electrons. The molecule has 0 unspecified atom stereocenters. The summed E-state index contributed by atoms with van der Waals surface area (Å²) in [6.07, 6.45) is 0. The molecule has 0 fully saturated rings. The van der Waals surface area contributed by atoms with Crippen LogP contribution in [-0.2, 0) is 0 Å². The Labute approximate surface area is 117 Å². The molecule has 0 saturated heterocycles. The number of nitrogen functional groups attached to an aromatic ring is 1. The van der Waals surface area contributed by atoms with Crippen LogP contribution in [0.15, 0.2) is 30.3 Å². The van der Waals surface area contributed by atoms with Crippen LogP contribution in [0.5, 0.6) is 0 Å². The van der Waals surface area contributed by atoms with Crippen LogP contribution >= 0.6 is 0 Å². The van der Waals surface area contributed by atoms with Gasteiger partial charge in [0.25, 0.3) is 5.91 Å². The predicted octanol–water partition coefficient (Wildman–Crippen LogP) is 3.59. The fraction of sp³-hybridized carbons (Fsp3) is 0.188. The summed E-state index contributed by atoms with van der Waals surface area (Å²) in [4.78, 5) is 12.1. The smallest absolute Gasteiger partial charge is 0.258 e. The second-order valence-electron chi connectivity index (χ2n) is 4.91. The van der Waals surface area contributed by atoms with Crippen LogP contribution in [0.1, 0.15) is 27.0 Å². The molecule has 0 radical (unpaired) electrons. The fourth-order valence-corrected chi connectivity index (χ4v) is 1.96. The largest absolute Gasteiger partial charge is 0.397 e. The molecule has 0 saturated carbocycles.